The number of hydrogen-bond donors (Lipinski definition) is 1. The maximum Gasteiger partial charge on any atom is 0.167 e. The van der Waals surface area contributed by atoms with Crippen LogP contribution in [-0.4, -0.2) is 16.4 Å². The molecule has 0 saturated carbocycles. The maximum atomic E-state index is 9.20. The zero-order valence-corrected chi connectivity index (χ0v) is 7.40. The molecule has 0 amide bonds. The molecule has 0 fully saturated rings. The quantitative estimate of drug-likeness (QED) is 0.760. The van der Waals surface area contributed by atoms with Gasteiger partial charge in [-0.2, -0.15) is 0 Å². The lowest BCUT2D eigenvalue weighted by atomic mass is 10.1. The van der Waals surface area contributed by atoms with E-state index >= 15 is 0 Å². The molecule has 3 heteroatoms. The Bertz CT molecular complexity index is 406. The highest BCUT2D eigenvalue weighted by atomic mass is 16.5. The molecule has 0 aliphatic carbocycles. The lowest BCUT2D eigenvalue weighted by molar-refractivity contribution is 0.193. The average molecular weight is 177 g/mol. The standard InChI is InChI=1S/C10H11NO2/c1-7(12)6-9-8-4-2-3-5-10(8)13-11-9/h2-5,7,12H,6H2,1H3. The molecule has 68 valence electrons. The van der Waals surface area contributed by atoms with Crippen LogP contribution in [0, 0.1) is 0 Å². The number of benzene rings is 1. The second kappa shape index (κ2) is 3.18. The molecule has 1 atom stereocenters. The lowest BCUT2D eigenvalue weighted by Crippen LogP contribution is -2.04. The summed E-state index contributed by atoms with van der Waals surface area (Å²) < 4.78 is 5.09. The van der Waals surface area contributed by atoms with E-state index in [-0.39, 0.29) is 6.10 Å². The number of fused-ring (bicyclic) bond motifs is 1. The molecule has 1 N–H and O–H groups in total. The molecule has 0 saturated heterocycles. The number of aliphatic hydroxyl groups excluding tert-OH is 1. The summed E-state index contributed by atoms with van der Waals surface area (Å²) in [4.78, 5) is 0. The highest BCUT2D eigenvalue weighted by molar-refractivity contribution is 5.79. The van der Waals surface area contributed by atoms with Crippen molar-refractivity contribution in [2.75, 3.05) is 0 Å². The van der Waals surface area contributed by atoms with Crippen LogP contribution in [0.25, 0.3) is 11.0 Å². The van der Waals surface area contributed by atoms with Crippen molar-refractivity contribution in [1.82, 2.24) is 5.16 Å². The summed E-state index contributed by atoms with van der Waals surface area (Å²) in [5.41, 5.74) is 1.60. The number of para-hydroxylation sites is 1. The third-order valence-electron chi connectivity index (χ3n) is 1.94. The molecule has 2 rings (SSSR count). The molecule has 0 aliphatic rings. The van der Waals surface area contributed by atoms with Gasteiger partial charge in [-0.25, -0.2) is 0 Å². The van der Waals surface area contributed by atoms with Gasteiger partial charge in [-0.05, 0) is 19.1 Å². The van der Waals surface area contributed by atoms with Crippen LogP contribution in [0.5, 0.6) is 0 Å². The van der Waals surface area contributed by atoms with E-state index < -0.39 is 0 Å². The lowest BCUT2D eigenvalue weighted by Gasteiger charge is -1.98. The zero-order valence-electron chi connectivity index (χ0n) is 7.40. The molecule has 0 radical (unpaired) electrons. The van der Waals surface area contributed by atoms with Gasteiger partial charge in [0, 0.05) is 11.8 Å². The largest absolute Gasteiger partial charge is 0.393 e. The average Bonchev–Trinajstić information content (AvgIpc) is 2.48. The Hall–Kier alpha value is -1.35. The van der Waals surface area contributed by atoms with Crippen LogP contribution < -0.4 is 0 Å². The zero-order chi connectivity index (χ0) is 9.26. The summed E-state index contributed by atoms with van der Waals surface area (Å²) in [7, 11) is 0. The number of aromatic nitrogens is 1. The van der Waals surface area contributed by atoms with Gasteiger partial charge in [0.2, 0.25) is 0 Å². The minimum absolute atomic E-state index is 0.381. The molecule has 1 aromatic heterocycles. The molecular formula is C10H11NO2. The Balaban J connectivity index is 2.46. The first kappa shape index (κ1) is 8.26. The van der Waals surface area contributed by atoms with E-state index in [0.717, 1.165) is 16.7 Å². The summed E-state index contributed by atoms with van der Waals surface area (Å²) in [5, 5.41) is 14.1. The Morgan fingerprint density at radius 1 is 1.46 bits per heavy atom. The number of nitrogens with zero attached hydrogens (tertiary/aromatic N) is 1. The minimum Gasteiger partial charge on any atom is -0.393 e. The van der Waals surface area contributed by atoms with Crippen LogP contribution in [0.15, 0.2) is 28.8 Å². The van der Waals surface area contributed by atoms with E-state index in [1.807, 2.05) is 24.3 Å². The van der Waals surface area contributed by atoms with Gasteiger partial charge in [-0.1, -0.05) is 17.3 Å². The van der Waals surface area contributed by atoms with Crippen LogP contribution in [-0.2, 0) is 6.42 Å². The topological polar surface area (TPSA) is 46.3 Å². The molecule has 0 bridgehead atoms. The molecule has 3 nitrogen and oxygen atoms in total. The number of aliphatic hydroxyl groups is 1. The summed E-state index contributed by atoms with van der Waals surface area (Å²) in [6, 6.07) is 7.65. The van der Waals surface area contributed by atoms with Crippen molar-refractivity contribution in [3.8, 4) is 0 Å². The SMILES string of the molecule is CC(O)Cc1noc2ccccc12. The monoisotopic (exact) mass is 177 g/mol. The Labute approximate surface area is 76.0 Å². The molecular weight excluding hydrogens is 166 g/mol. The normalized spacial score (nSPS) is 13.4. The second-order valence-electron chi connectivity index (χ2n) is 3.18. The highest BCUT2D eigenvalue weighted by Crippen LogP contribution is 2.18. The summed E-state index contributed by atoms with van der Waals surface area (Å²) in [5.74, 6) is 0. The molecule has 0 aliphatic heterocycles. The first-order valence-electron chi connectivity index (χ1n) is 4.29. The fourth-order valence-corrected chi connectivity index (χ4v) is 1.37. The van der Waals surface area contributed by atoms with Gasteiger partial charge in [-0.3, -0.25) is 0 Å². The van der Waals surface area contributed by atoms with Crippen molar-refractivity contribution >= 4 is 11.0 Å². The van der Waals surface area contributed by atoms with E-state index in [1.165, 1.54) is 0 Å². The maximum absolute atomic E-state index is 9.20. The minimum atomic E-state index is -0.381. The van der Waals surface area contributed by atoms with Crippen molar-refractivity contribution in [3.05, 3.63) is 30.0 Å². The van der Waals surface area contributed by atoms with E-state index in [1.54, 1.807) is 6.92 Å². The fourth-order valence-electron chi connectivity index (χ4n) is 1.37. The van der Waals surface area contributed by atoms with E-state index in [0.29, 0.717) is 6.42 Å². The van der Waals surface area contributed by atoms with Gasteiger partial charge in [0.05, 0.1) is 11.8 Å². The van der Waals surface area contributed by atoms with Gasteiger partial charge < -0.3 is 9.63 Å². The van der Waals surface area contributed by atoms with Gasteiger partial charge in [0.25, 0.3) is 0 Å². The summed E-state index contributed by atoms with van der Waals surface area (Å²) in [6.45, 7) is 1.74. The highest BCUT2D eigenvalue weighted by Gasteiger charge is 2.08. The molecule has 1 aromatic carbocycles. The van der Waals surface area contributed by atoms with E-state index in [2.05, 4.69) is 5.16 Å². The Morgan fingerprint density at radius 2 is 2.23 bits per heavy atom. The van der Waals surface area contributed by atoms with Crippen LogP contribution in [0.4, 0.5) is 0 Å². The third kappa shape index (κ3) is 1.55. The Kier molecular flexibility index (Phi) is 2.02. The molecule has 1 heterocycles. The predicted octanol–water partition coefficient (Wildman–Crippen LogP) is 1.75. The van der Waals surface area contributed by atoms with Crippen molar-refractivity contribution in [2.24, 2.45) is 0 Å². The van der Waals surface area contributed by atoms with Crippen molar-refractivity contribution in [3.63, 3.8) is 0 Å². The Morgan fingerprint density at radius 3 is 3.00 bits per heavy atom. The molecule has 0 spiro atoms. The van der Waals surface area contributed by atoms with Gasteiger partial charge in [0.15, 0.2) is 5.58 Å². The molecule has 13 heavy (non-hydrogen) atoms. The van der Waals surface area contributed by atoms with Crippen LogP contribution in [0.2, 0.25) is 0 Å². The van der Waals surface area contributed by atoms with Crippen molar-refractivity contribution in [2.45, 2.75) is 19.4 Å². The molecule has 1 unspecified atom stereocenters. The first-order chi connectivity index (χ1) is 6.27. The van der Waals surface area contributed by atoms with Gasteiger partial charge in [0.1, 0.15) is 0 Å². The van der Waals surface area contributed by atoms with Crippen molar-refractivity contribution in [1.29, 1.82) is 0 Å². The van der Waals surface area contributed by atoms with Gasteiger partial charge in [-0.15, -0.1) is 0 Å². The summed E-state index contributed by atoms with van der Waals surface area (Å²) in [6.07, 6.45) is 0.158. The van der Waals surface area contributed by atoms with E-state index in [9.17, 15) is 5.11 Å². The predicted molar refractivity (Wildman–Crippen MR) is 49.4 cm³/mol. The second-order valence-corrected chi connectivity index (χ2v) is 3.18. The molecule has 2 aromatic rings. The number of rotatable bonds is 2. The number of hydrogen-bond acceptors (Lipinski definition) is 3. The fraction of sp³-hybridized carbons (Fsp3) is 0.300. The van der Waals surface area contributed by atoms with E-state index in [4.69, 9.17) is 4.52 Å². The van der Waals surface area contributed by atoms with Gasteiger partial charge >= 0.3 is 0 Å². The van der Waals surface area contributed by atoms with Crippen molar-refractivity contribution < 1.29 is 9.63 Å². The van der Waals surface area contributed by atoms with Crippen LogP contribution in [0.3, 0.4) is 0 Å². The van der Waals surface area contributed by atoms with Crippen LogP contribution >= 0.6 is 0 Å². The smallest absolute Gasteiger partial charge is 0.167 e. The first-order valence-corrected chi connectivity index (χ1v) is 4.29. The third-order valence-corrected chi connectivity index (χ3v) is 1.94. The summed E-state index contributed by atoms with van der Waals surface area (Å²) >= 11 is 0. The van der Waals surface area contributed by atoms with Crippen LogP contribution in [0.1, 0.15) is 12.6 Å².